The molecule has 0 fully saturated rings. The maximum absolute atomic E-state index is 11.8. The lowest BCUT2D eigenvalue weighted by molar-refractivity contribution is -0.140. The molecule has 3 rings (SSSR count). The summed E-state index contributed by atoms with van der Waals surface area (Å²) in [6, 6.07) is 11.7. The number of hydrogen-bond donors (Lipinski definition) is 4. The van der Waals surface area contributed by atoms with Crippen LogP contribution in [-0.4, -0.2) is 54.3 Å². The third-order valence-corrected chi connectivity index (χ3v) is 5.58. The highest BCUT2D eigenvalue weighted by molar-refractivity contribution is 5.77. The summed E-state index contributed by atoms with van der Waals surface area (Å²) in [6.45, 7) is 7.38. The lowest BCUT2D eigenvalue weighted by Crippen LogP contribution is -2.39. The number of anilines is 1. The molecule has 0 bridgehead atoms. The molecule has 2 heterocycles. The van der Waals surface area contributed by atoms with Crippen molar-refractivity contribution in [1.29, 1.82) is 0 Å². The summed E-state index contributed by atoms with van der Waals surface area (Å²) in [5, 5.41) is 17.1. The topological polar surface area (TPSA) is 137 Å². The third kappa shape index (κ3) is 12.1. The zero-order valence-corrected chi connectivity index (χ0v) is 21.2. The van der Waals surface area contributed by atoms with Crippen LogP contribution in [0.25, 0.3) is 0 Å². The molecule has 2 amide bonds. The van der Waals surface area contributed by atoms with E-state index in [1.165, 1.54) is 16.7 Å². The van der Waals surface area contributed by atoms with Crippen molar-refractivity contribution in [2.45, 2.75) is 64.8 Å². The van der Waals surface area contributed by atoms with Gasteiger partial charge in [-0.3, -0.25) is 9.59 Å². The number of rotatable bonds is 11. The number of aromatic nitrogens is 1. The van der Waals surface area contributed by atoms with Gasteiger partial charge in [-0.05, 0) is 64.0 Å². The van der Waals surface area contributed by atoms with Gasteiger partial charge < -0.3 is 25.9 Å². The molecule has 1 aliphatic heterocycles. The first kappa shape index (κ1) is 30.3. The fourth-order valence-corrected chi connectivity index (χ4v) is 3.54. The normalized spacial score (nSPS) is 12.2. The van der Waals surface area contributed by atoms with Crippen LogP contribution in [0.5, 0.6) is 0 Å². The van der Waals surface area contributed by atoms with Gasteiger partial charge in [0.1, 0.15) is 18.6 Å². The number of aliphatic carboxylic acids is 1. The van der Waals surface area contributed by atoms with E-state index in [1.54, 1.807) is 0 Å². The van der Waals surface area contributed by atoms with Gasteiger partial charge in [0, 0.05) is 25.2 Å². The van der Waals surface area contributed by atoms with E-state index in [0.29, 0.717) is 12.8 Å². The summed E-state index contributed by atoms with van der Waals surface area (Å²) in [4.78, 5) is 45.6. The lowest BCUT2D eigenvalue weighted by atomic mass is 10.1. The zero-order chi connectivity index (χ0) is 26.8. The second-order valence-corrected chi connectivity index (χ2v) is 8.52. The van der Waals surface area contributed by atoms with Crippen molar-refractivity contribution in [3.05, 3.63) is 58.8 Å². The molecule has 4 N–H and O–H groups in total. The van der Waals surface area contributed by atoms with Crippen molar-refractivity contribution < 1.29 is 24.3 Å². The van der Waals surface area contributed by atoms with Gasteiger partial charge in [0.15, 0.2) is 0 Å². The maximum Gasteiger partial charge on any atom is 0.326 e. The van der Waals surface area contributed by atoms with E-state index in [2.05, 4.69) is 71.2 Å². The third-order valence-electron chi connectivity index (χ3n) is 5.58. The minimum absolute atomic E-state index is 0.111. The van der Waals surface area contributed by atoms with Crippen LogP contribution in [0.15, 0.2) is 36.4 Å². The number of carboxylic acid groups (broad SMARTS) is 1. The fourth-order valence-electron chi connectivity index (χ4n) is 3.54. The van der Waals surface area contributed by atoms with E-state index < -0.39 is 12.0 Å². The molecular weight excluding hydrogens is 460 g/mol. The Hall–Kier alpha value is -3.75. The summed E-state index contributed by atoms with van der Waals surface area (Å²) >= 11 is 0. The molecule has 0 spiro atoms. The Balaban J connectivity index is 0.000000543. The molecule has 9 heteroatoms. The molecule has 36 heavy (non-hydrogen) atoms. The van der Waals surface area contributed by atoms with Gasteiger partial charge in [0.25, 0.3) is 0 Å². The Labute approximate surface area is 213 Å². The number of benzene rings is 1. The Morgan fingerprint density at radius 2 is 1.78 bits per heavy atom. The van der Waals surface area contributed by atoms with Crippen molar-refractivity contribution in [2.75, 3.05) is 18.4 Å². The molecule has 0 aliphatic carbocycles. The molecule has 0 radical (unpaired) electrons. The van der Waals surface area contributed by atoms with Gasteiger partial charge in [-0.15, -0.1) is 0 Å². The number of carbonyl (C=O) groups is 4. The average molecular weight is 499 g/mol. The number of carbonyl (C=O) groups excluding carboxylic acids is 3. The van der Waals surface area contributed by atoms with Crippen LogP contribution in [0.3, 0.4) is 0 Å². The molecule has 196 valence electrons. The molecule has 0 saturated carbocycles. The van der Waals surface area contributed by atoms with Gasteiger partial charge in [-0.1, -0.05) is 41.5 Å². The summed E-state index contributed by atoms with van der Waals surface area (Å²) in [5.74, 6) is -0.234. The Morgan fingerprint density at radius 3 is 2.39 bits per heavy atom. The highest BCUT2D eigenvalue weighted by atomic mass is 16.4. The minimum Gasteiger partial charge on any atom is -0.480 e. The van der Waals surface area contributed by atoms with E-state index in [0.717, 1.165) is 50.2 Å². The number of unbranched alkanes of at least 4 members (excludes halogenated alkanes) is 1. The number of amides is 2. The first-order chi connectivity index (χ1) is 17.4. The molecule has 0 saturated heterocycles. The van der Waals surface area contributed by atoms with Gasteiger partial charge in [0.2, 0.25) is 12.3 Å². The maximum atomic E-state index is 11.8. The second kappa shape index (κ2) is 17.7. The first-order valence-corrected chi connectivity index (χ1v) is 12.1. The first-order valence-electron chi connectivity index (χ1n) is 12.1. The van der Waals surface area contributed by atoms with Gasteiger partial charge in [0.05, 0.1) is 0 Å². The highest BCUT2D eigenvalue weighted by Crippen LogP contribution is 2.20. The van der Waals surface area contributed by atoms with E-state index in [4.69, 9.17) is 9.90 Å². The summed E-state index contributed by atoms with van der Waals surface area (Å²) in [6.07, 6.45) is 5.55. The van der Waals surface area contributed by atoms with Crippen LogP contribution in [0.1, 0.15) is 54.5 Å². The van der Waals surface area contributed by atoms with Crippen molar-refractivity contribution >= 4 is 30.9 Å². The fraction of sp³-hybridized carbons (Fsp3) is 0.444. The van der Waals surface area contributed by atoms with Crippen LogP contribution in [0.2, 0.25) is 0 Å². The van der Waals surface area contributed by atoms with Crippen LogP contribution >= 0.6 is 0 Å². The Morgan fingerprint density at radius 1 is 1.11 bits per heavy atom. The number of pyridine rings is 1. The molecule has 9 nitrogen and oxygen atoms in total. The predicted molar refractivity (Wildman–Crippen MR) is 140 cm³/mol. The van der Waals surface area contributed by atoms with Crippen molar-refractivity contribution in [3.63, 3.8) is 0 Å². The Kier molecular flexibility index (Phi) is 14.8. The largest absolute Gasteiger partial charge is 0.480 e. The number of fused-ring (bicyclic) bond motifs is 1. The van der Waals surface area contributed by atoms with Gasteiger partial charge >= 0.3 is 5.97 Å². The van der Waals surface area contributed by atoms with Crippen LogP contribution < -0.4 is 16.0 Å². The molecule has 1 atom stereocenters. The van der Waals surface area contributed by atoms with Crippen LogP contribution in [-0.2, 0) is 32.0 Å². The standard InChI is InChI=1S/C18H26N4O4.C8H10.CH2O/c23-12-21-15(18(25)26)9-11-19-16(24)6-2-1-5-14-8-7-13-4-3-10-20-17(13)22-14;1-7-3-5-8(2)6-4-7;1-2/h7-8,12,15H,1-6,9-11H2,(H,19,24)(H,20,22)(H,21,23)(H,25,26);3-6H,1-2H3;1H2. The minimum atomic E-state index is -1.11. The van der Waals surface area contributed by atoms with E-state index in [-0.39, 0.29) is 18.9 Å². The summed E-state index contributed by atoms with van der Waals surface area (Å²) in [5.41, 5.74) is 4.96. The number of carboxylic acids is 1. The molecule has 1 unspecified atom stereocenters. The van der Waals surface area contributed by atoms with E-state index >= 15 is 0 Å². The van der Waals surface area contributed by atoms with Crippen molar-refractivity contribution in [1.82, 2.24) is 15.6 Å². The number of nitrogens with one attached hydrogen (secondary N) is 3. The van der Waals surface area contributed by atoms with Crippen LogP contribution in [0, 0.1) is 13.8 Å². The quantitative estimate of drug-likeness (QED) is 0.276. The monoisotopic (exact) mass is 498 g/mol. The van der Waals surface area contributed by atoms with Crippen molar-refractivity contribution in [2.24, 2.45) is 0 Å². The smallest absolute Gasteiger partial charge is 0.326 e. The SMILES string of the molecule is C=O.Cc1ccc(C)cc1.O=CNC(CCNC(=O)CCCCc1ccc2c(n1)NCCC2)C(=O)O. The van der Waals surface area contributed by atoms with Crippen molar-refractivity contribution in [3.8, 4) is 0 Å². The number of aryl methyl sites for hydroxylation is 4. The predicted octanol–water partition coefficient (Wildman–Crippen LogP) is 2.98. The summed E-state index contributed by atoms with van der Waals surface area (Å²) < 4.78 is 0. The van der Waals surface area contributed by atoms with Crippen LogP contribution in [0.4, 0.5) is 5.82 Å². The lowest BCUT2D eigenvalue weighted by Gasteiger charge is -2.17. The molecule has 1 aromatic heterocycles. The highest BCUT2D eigenvalue weighted by Gasteiger charge is 2.16. The molecule has 1 aliphatic rings. The second-order valence-electron chi connectivity index (χ2n) is 8.52. The Bertz CT molecular complexity index is 929. The van der Waals surface area contributed by atoms with Gasteiger partial charge in [-0.25, -0.2) is 9.78 Å². The van der Waals surface area contributed by atoms with E-state index in [1.807, 2.05) is 6.79 Å². The van der Waals surface area contributed by atoms with Gasteiger partial charge in [-0.2, -0.15) is 0 Å². The van der Waals surface area contributed by atoms with E-state index in [9.17, 15) is 14.4 Å². The summed E-state index contributed by atoms with van der Waals surface area (Å²) in [7, 11) is 0. The number of hydrogen-bond acceptors (Lipinski definition) is 6. The number of nitrogens with zero attached hydrogens (tertiary/aromatic N) is 1. The molecule has 1 aromatic carbocycles. The molecular formula is C27H38N4O5. The average Bonchev–Trinajstić information content (AvgIpc) is 2.89. The zero-order valence-electron chi connectivity index (χ0n) is 21.2. The molecule has 2 aromatic rings.